The average Bonchev–Trinajstić information content (AvgIpc) is 2.19. The highest BCUT2D eigenvalue weighted by atomic mass is 14.9. The summed E-state index contributed by atoms with van der Waals surface area (Å²) in [5.74, 6) is 0. The third-order valence-electron chi connectivity index (χ3n) is 2.61. The Labute approximate surface area is 86.5 Å². The molecule has 2 heteroatoms. The Morgan fingerprint density at radius 2 is 1.93 bits per heavy atom. The van der Waals surface area contributed by atoms with Crippen molar-refractivity contribution >= 4 is 11.4 Å². The maximum Gasteiger partial charge on any atom is 0.0392 e. The molecule has 0 aliphatic rings. The van der Waals surface area contributed by atoms with Crippen molar-refractivity contribution in [1.82, 2.24) is 0 Å². The lowest BCUT2D eigenvalue weighted by atomic mass is 10.1. The third-order valence-corrected chi connectivity index (χ3v) is 2.61. The van der Waals surface area contributed by atoms with Crippen molar-refractivity contribution in [2.45, 2.75) is 39.7 Å². The number of hydrogen-bond acceptors (Lipinski definition) is 2. The van der Waals surface area contributed by atoms with Crippen molar-refractivity contribution in [1.29, 1.82) is 0 Å². The SMILES string of the molecule is CCC(CC)Nc1cc(N)ccc1C. The van der Waals surface area contributed by atoms with Gasteiger partial charge in [0, 0.05) is 17.4 Å². The van der Waals surface area contributed by atoms with E-state index < -0.39 is 0 Å². The molecule has 3 N–H and O–H groups in total. The van der Waals surface area contributed by atoms with Gasteiger partial charge in [-0.05, 0) is 37.5 Å². The Bertz CT molecular complexity index is 290. The molecule has 0 aliphatic heterocycles. The first-order chi connectivity index (χ1) is 6.67. The van der Waals surface area contributed by atoms with Crippen LogP contribution in [-0.4, -0.2) is 6.04 Å². The van der Waals surface area contributed by atoms with Crippen molar-refractivity contribution in [3.05, 3.63) is 23.8 Å². The molecule has 14 heavy (non-hydrogen) atoms. The summed E-state index contributed by atoms with van der Waals surface area (Å²) in [5, 5.41) is 3.51. The van der Waals surface area contributed by atoms with E-state index in [4.69, 9.17) is 5.73 Å². The van der Waals surface area contributed by atoms with Crippen LogP contribution in [0.5, 0.6) is 0 Å². The van der Waals surface area contributed by atoms with E-state index in [0.29, 0.717) is 6.04 Å². The minimum absolute atomic E-state index is 0.551. The predicted octanol–water partition coefficient (Wildman–Crippen LogP) is 3.18. The molecule has 0 spiro atoms. The summed E-state index contributed by atoms with van der Waals surface area (Å²) in [4.78, 5) is 0. The van der Waals surface area contributed by atoms with Gasteiger partial charge in [0.25, 0.3) is 0 Å². The fourth-order valence-corrected chi connectivity index (χ4v) is 1.51. The van der Waals surface area contributed by atoms with Gasteiger partial charge in [-0.2, -0.15) is 0 Å². The van der Waals surface area contributed by atoms with Gasteiger partial charge in [-0.3, -0.25) is 0 Å². The number of aryl methyl sites for hydroxylation is 1. The largest absolute Gasteiger partial charge is 0.399 e. The third kappa shape index (κ3) is 2.66. The summed E-state index contributed by atoms with van der Waals surface area (Å²) in [6.07, 6.45) is 2.29. The molecule has 0 radical (unpaired) electrons. The van der Waals surface area contributed by atoms with Crippen molar-refractivity contribution in [3.8, 4) is 0 Å². The number of rotatable bonds is 4. The van der Waals surface area contributed by atoms with E-state index in [1.165, 1.54) is 11.3 Å². The van der Waals surface area contributed by atoms with Gasteiger partial charge in [-0.1, -0.05) is 19.9 Å². The second-order valence-corrected chi connectivity index (χ2v) is 3.73. The van der Waals surface area contributed by atoms with E-state index in [2.05, 4.69) is 32.2 Å². The summed E-state index contributed by atoms with van der Waals surface area (Å²) < 4.78 is 0. The van der Waals surface area contributed by atoms with Crippen LogP contribution >= 0.6 is 0 Å². The number of nitrogens with two attached hydrogens (primary N) is 1. The monoisotopic (exact) mass is 192 g/mol. The van der Waals surface area contributed by atoms with Gasteiger partial charge < -0.3 is 11.1 Å². The van der Waals surface area contributed by atoms with Gasteiger partial charge in [-0.15, -0.1) is 0 Å². The molecule has 78 valence electrons. The predicted molar refractivity (Wildman–Crippen MR) is 63.6 cm³/mol. The van der Waals surface area contributed by atoms with Crippen molar-refractivity contribution < 1.29 is 0 Å². The Hall–Kier alpha value is -1.18. The molecule has 0 aliphatic carbocycles. The molecular weight excluding hydrogens is 172 g/mol. The maximum absolute atomic E-state index is 5.75. The summed E-state index contributed by atoms with van der Waals surface area (Å²) in [6.45, 7) is 6.50. The number of anilines is 2. The van der Waals surface area contributed by atoms with Gasteiger partial charge in [-0.25, -0.2) is 0 Å². The normalized spacial score (nSPS) is 10.6. The second kappa shape index (κ2) is 4.89. The molecule has 0 aromatic heterocycles. The zero-order chi connectivity index (χ0) is 10.6. The van der Waals surface area contributed by atoms with Gasteiger partial charge in [0.05, 0.1) is 0 Å². The molecule has 0 unspecified atom stereocenters. The number of nitrogens with one attached hydrogen (secondary N) is 1. The van der Waals surface area contributed by atoms with E-state index >= 15 is 0 Å². The van der Waals surface area contributed by atoms with E-state index in [0.717, 1.165) is 18.5 Å². The van der Waals surface area contributed by atoms with Crippen LogP contribution in [0.15, 0.2) is 18.2 Å². The standard InChI is InChI=1S/C12H20N2/c1-4-11(5-2)14-12-8-10(13)7-6-9(12)3/h6-8,11,14H,4-5,13H2,1-3H3. The van der Waals surface area contributed by atoms with Gasteiger partial charge in [0.15, 0.2) is 0 Å². The van der Waals surface area contributed by atoms with E-state index in [-0.39, 0.29) is 0 Å². The van der Waals surface area contributed by atoms with Gasteiger partial charge in [0.2, 0.25) is 0 Å². The van der Waals surface area contributed by atoms with Gasteiger partial charge in [0.1, 0.15) is 0 Å². The summed E-state index contributed by atoms with van der Waals surface area (Å²) >= 11 is 0. The molecule has 1 aromatic carbocycles. The highest BCUT2D eigenvalue weighted by Gasteiger charge is 2.04. The minimum atomic E-state index is 0.551. The Morgan fingerprint density at radius 1 is 1.29 bits per heavy atom. The molecule has 0 heterocycles. The van der Waals surface area contributed by atoms with Crippen LogP contribution in [0.1, 0.15) is 32.3 Å². The lowest BCUT2D eigenvalue weighted by molar-refractivity contribution is 0.671. The summed E-state index contributed by atoms with van der Waals surface area (Å²) in [6, 6.07) is 6.55. The minimum Gasteiger partial charge on any atom is -0.399 e. The van der Waals surface area contributed by atoms with Crippen LogP contribution in [0.3, 0.4) is 0 Å². The van der Waals surface area contributed by atoms with Crippen molar-refractivity contribution in [3.63, 3.8) is 0 Å². The maximum atomic E-state index is 5.75. The van der Waals surface area contributed by atoms with E-state index in [1.54, 1.807) is 0 Å². The molecule has 2 nitrogen and oxygen atoms in total. The molecular formula is C12H20N2. The fraction of sp³-hybridized carbons (Fsp3) is 0.500. The molecule has 0 amide bonds. The quantitative estimate of drug-likeness (QED) is 0.719. The topological polar surface area (TPSA) is 38.0 Å². The summed E-state index contributed by atoms with van der Waals surface area (Å²) in [5.41, 5.74) is 8.99. The van der Waals surface area contributed by atoms with E-state index in [1.807, 2.05) is 12.1 Å². The first-order valence-corrected chi connectivity index (χ1v) is 5.30. The molecule has 0 saturated carbocycles. The van der Waals surface area contributed by atoms with Crippen LogP contribution in [0, 0.1) is 6.92 Å². The number of hydrogen-bond donors (Lipinski definition) is 2. The Balaban J connectivity index is 2.79. The zero-order valence-corrected chi connectivity index (χ0v) is 9.30. The zero-order valence-electron chi connectivity index (χ0n) is 9.30. The highest BCUT2D eigenvalue weighted by molar-refractivity contribution is 5.59. The van der Waals surface area contributed by atoms with Crippen molar-refractivity contribution in [2.24, 2.45) is 0 Å². The Morgan fingerprint density at radius 3 is 2.50 bits per heavy atom. The molecule has 0 fully saturated rings. The number of benzene rings is 1. The smallest absolute Gasteiger partial charge is 0.0392 e. The lowest BCUT2D eigenvalue weighted by Gasteiger charge is -2.18. The van der Waals surface area contributed by atoms with Crippen LogP contribution in [-0.2, 0) is 0 Å². The highest BCUT2D eigenvalue weighted by Crippen LogP contribution is 2.20. The second-order valence-electron chi connectivity index (χ2n) is 3.73. The van der Waals surface area contributed by atoms with Gasteiger partial charge >= 0.3 is 0 Å². The number of nitrogen functional groups attached to an aromatic ring is 1. The summed E-state index contributed by atoms with van der Waals surface area (Å²) in [7, 11) is 0. The molecule has 1 aromatic rings. The lowest BCUT2D eigenvalue weighted by Crippen LogP contribution is -2.17. The molecule has 0 saturated heterocycles. The Kier molecular flexibility index (Phi) is 3.81. The van der Waals surface area contributed by atoms with Crippen LogP contribution < -0.4 is 11.1 Å². The fourth-order valence-electron chi connectivity index (χ4n) is 1.51. The molecule has 0 bridgehead atoms. The van der Waals surface area contributed by atoms with Crippen LogP contribution in [0.4, 0.5) is 11.4 Å². The molecule has 0 atom stereocenters. The van der Waals surface area contributed by atoms with Crippen LogP contribution in [0.2, 0.25) is 0 Å². The van der Waals surface area contributed by atoms with Crippen LogP contribution in [0.25, 0.3) is 0 Å². The first-order valence-electron chi connectivity index (χ1n) is 5.30. The first kappa shape index (κ1) is 10.9. The van der Waals surface area contributed by atoms with Crippen molar-refractivity contribution in [2.75, 3.05) is 11.1 Å². The average molecular weight is 192 g/mol. The van der Waals surface area contributed by atoms with E-state index in [9.17, 15) is 0 Å². The molecule has 1 rings (SSSR count).